The number of rotatable bonds is 4. The predicted molar refractivity (Wildman–Crippen MR) is 95.8 cm³/mol. The predicted octanol–water partition coefficient (Wildman–Crippen LogP) is 0.931. The number of nitrogens with zero attached hydrogens (tertiary/aromatic N) is 1. The Morgan fingerprint density at radius 3 is 2.65 bits per heavy atom. The fourth-order valence-electron chi connectivity index (χ4n) is 3.97. The Kier molecular flexibility index (Phi) is 4.79. The average molecular weight is 380 g/mol. The number of nitrogens with one attached hydrogen (secondary N) is 1. The summed E-state index contributed by atoms with van der Waals surface area (Å²) < 4.78 is 33.9. The van der Waals surface area contributed by atoms with Crippen LogP contribution in [0.15, 0.2) is 18.2 Å². The maximum atomic E-state index is 12.5. The van der Waals surface area contributed by atoms with E-state index in [1.165, 1.54) is 0 Å². The number of carbonyl (C=O) groups is 1. The van der Waals surface area contributed by atoms with Gasteiger partial charge in [0.25, 0.3) is 0 Å². The summed E-state index contributed by atoms with van der Waals surface area (Å²) >= 11 is 0. The molecule has 0 spiro atoms. The highest BCUT2D eigenvalue weighted by molar-refractivity contribution is 7.91. The molecule has 3 aliphatic heterocycles. The monoisotopic (exact) mass is 380 g/mol. The molecule has 1 N–H and O–H groups in total. The molecule has 3 aliphatic rings. The Hall–Kier alpha value is -1.80. The molecular weight excluding hydrogens is 356 g/mol. The quantitative estimate of drug-likeness (QED) is 0.837. The molecule has 7 nitrogen and oxygen atoms in total. The van der Waals surface area contributed by atoms with E-state index in [-0.39, 0.29) is 30.4 Å². The number of carbonyl (C=O) groups excluding carboxylic acids is 1. The lowest BCUT2D eigenvalue weighted by Crippen LogP contribution is -2.45. The first kappa shape index (κ1) is 17.6. The molecule has 3 heterocycles. The van der Waals surface area contributed by atoms with Crippen molar-refractivity contribution in [2.45, 2.75) is 31.8 Å². The highest BCUT2D eigenvalue weighted by atomic mass is 32.2. The Labute approximate surface area is 153 Å². The number of piperidine rings is 1. The van der Waals surface area contributed by atoms with E-state index in [4.69, 9.17) is 9.47 Å². The van der Waals surface area contributed by atoms with Gasteiger partial charge in [0, 0.05) is 18.5 Å². The molecule has 2 saturated heterocycles. The van der Waals surface area contributed by atoms with Crippen LogP contribution in [0.2, 0.25) is 0 Å². The van der Waals surface area contributed by atoms with Crippen LogP contribution in [0.1, 0.15) is 24.8 Å². The molecule has 4 rings (SSSR count). The third-order valence-electron chi connectivity index (χ3n) is 5.53. The number of ether oxygens (including phenoxy) is 2. The average Bonchev–Trinajstić information content (AvgIpc) is 3.25. The number of benzene rings is 1. The van der Waals surface area contributed by atoms with E-state index < -0.39 is 9.84 Å². The van der Waals surface area contributed by atoms with Crippen molar-refractivity contribution in [3.05, 3.63) is 23.8 Å². The molecule has 0 saturated carbocycles. The third kappa shape index (κ3) is 3.81. The van der Waals surface area contributed by atoms with Crippen LogP contribution in [0, 0.1) is 5.92 Å². The topological polar surface area (TPSA) is 84.9 Å². The Bertz CT molecular complexity index is 787. The van der Waals surface area contributed by atoms with Crippen LogP contribution >= 0.6 is 0 Å². The molecule has 0 unspecified atom stereocenters. The normalized spacial score (nSPS) is 25.3. The SMILES string of the molecule is O=C(NCc1ccc2c(c1)OCO2)C1CCN([C@@H]2CCS(=O)(=O)C2)CC1. The molecule has 2 fully saturated rings. The molecule has 0 aliphatic carbocycles. The minimum Gasteiger partial charge on any atom is -0.454 e. The first-order valence-corrected chi connectivity index (χ1v) is 10.9. The van der Waals surface area contributed by atoms with E-state index >= 15 is 0 Å². The fourth-order valence-corrected chi connectivity index (χ4v) is 5.74. The minimum absolute atomic E-state index is 0.00160. The zero-order chi connectivity index (χ0) is 18.1. The molecule has 8 heteroatoms. The number of likely N-dealkylation sites (tertiary alicyclic amines) is 1. The van der Waals surface area contributed by atoms with Crippen LogP contribution in [0.25, 0.3) is 0 Å². The first-order valence-electron chi connectivity index (χ1n) is 9.11. The Morgan fingerprint density at radius 1 is 1.15 bits per heavy atom. The largest absolute Gasteiger partial charge is 0.454 e. The molecule has 0 radical (unpaired) electrons. The Balaban J connectivity index is 1.25. The van der Waals surface area contributed by atoms with Gasteiger partial charge in [-0.05, 0) is 50.0 Å². The number of hydrogen-bond donors (Lipinski definition) is 1. The number of amides is 1. The second kappa shape index (κ2) is 7.08. The summed E-state index contributed by atoms with van der Waals surface area (Å²) in [6.07, 6.45) is 2.29. The van der Waals surface area contributed by atoms with E-state index in [2.05, 4.69) is 10.2 Å². The van der Waals surface area contributed by atoms with Crippen molar-refractivity contribution in [2.24, 2.45) is 5.92 Å². The van der Waals surface area contributed by atoms with Gasteiger partial charge in [-0.2, -0.15) is 0 Å². The molecule has 1 amide bonds. The van der Waals surface area contributed by atoms with Gasteiger partial charge in [-0.1, -0.05) is 6.07 Å². The lowest BCUT2D eigenvalue weighted by molar-refractivity contribution is -0.126. The van der Waals surface area contributed by atoms with E-state index in [1.54, 1.807) is 0 Å². The maximum Gasteiger partial charge on any atom is 0.231 e. The molecule has 1 aromatic rings. The molecule has 0 aromatic heterocycles. The van der Waals surface area contributed by atoms with Crippen LogP contribution in [0.3, 0.4) is 0 Å². The molecule has 1 atom stereocenters. The molecular formula is C18H24N2O5S. The second-order valence-corrected chi connectivity index (χ2v) is 9.50. The summed E-state index contributed by atoms with van der Waals surface area (Å²) in [6, 6.07) is 5.82. The van der Waals surface area contributed by atoms with E-state index in [0.717, 1.165) is 49.4 Å². The summed E-state index contributed by atoms with van der Waals surface area (Å²) in [4.78, 5) is 14.7. The lowest BCUT2D eigenvalue weighted by Gasteiger charge is -2.34. The van der Waals surface area contributed by atoms with Crippen molar-refractivity contribution in [1.29, 1.82) is 0 Å². The highest BCUT2D eigenvalue weighted by Crippen LogP contribution is 2.32. The first-order chi connectivity index (χ1) is 12.5. The van der Waals surface area contributed by atoms with Gasteiger partial charge in [0.2, 0.25) is 12.7 Å². The number of sulfone groups is 1. The zero-order valence-electron chi connectivity index (χ0n) is 14.6. The molecule has 0 bridgehead atoms. The van der Waals surface area contributed by atoms with Gasteiger partial charge in [-0.3, -0.25) is 9.69 Å². The highest BCUT2D eigenvalue weighted by Gasteiger charge is 2.35. The van der Waals surface area contributed by atoms with E-state index in [0.29, 0.717) is 12.3 Å². The van der Waals surface area contributed by atoms with E-state index in [1.807, 2.05) is 18.2 Å². The van der Waals surface area contributed by atoms with Gasteiger partial charge in [-0.25, -0.2) is 8.42 Å². The standard InChI is InChI=1S/C18H24N2O5S/c21-18(19-10-13-1-2-16-17(9-13)25-12-24-16)14-3-6-20(7-4-14)15-5-8-26(22,23)11-15/h1-2,9,14-15H,3-8,10-12H2,(H,19,21)/t15-/m1/s1. The van der Waals surface area contributed by atoms with Crippen LogP contribution in [-0.4, -0.2) is 56.7 Å². The summed E-state index contributed by atoms with van der Waals surface area (Å²) in [5, 5.41) is 3.01. The van der Waals surface area contributed by atoms with Crippen molar-refractivity contribution in [2.75, 3.05) is 31.4 Å². The maximum absolute atomic E-state index is 12.5. The van der Waals surface area contributed by atoms with Crippen molar-refractivity contribution in [3.8, 4) is 11.5 Å². The van der Waals surface area contributed by atoms with Crippen molar-refractivity contribution in [3.63, 3.8) is 0 Å². The van der Waals surface area contributed by atoms with Crippen molar-refractivity contribution >= 4 is 15.7 Å². The van der Waals surface area contributed by atoms with Gasteiger partial charge >= 0.3 is 0 Å². The summed E-state index contributed by atoms with van der Waals surface area (Å²) in [7, 11) is -2.86. The third-order valence-corrected chi connectivity index (χ3v) is 7.28. The van der Waals surface area contributed by atoms with E-state index in [9.17, 15) is 13.2 Å². The molecule has 142 valence electrons. The fraction of sp³-hybridized carbons (Fsp3) is 0.611. The van der Waals surface area contributed by atoms with Gasteiger partial charge < -0.3 is 14.8 Å². The van der Waals surface area contributed by atoms with Crippen LogP contribution in [0.4, 0.5) is 0 Å². The van der Waals surface area contributed by atoms with Gasteiger partial charge in [0.1, 0.15) is 0 Å². The Morgan fingerprint density at radius 2 is 1.92 bits per heavy atom. The van der Waals surface area contributed by atoms with Crippen LogP contribution < -0.4 is 14.8 Å². The summed E-state index contributed by atoms with van der Waals surface area (Å²) in [6.45, 7) is 2.30. The smallest absolute Gasteiger partial charge is 0.231 e. The molecule has 1 aromatic carbocycles. The van der Waals surface area contributed by atoms with Gasteiger partial charge in [0.05, 0.1) is 11.5 Å². The second-order valence-electron chi connectivity index (χ2n) is 7.27. The molecule has 26 heavy (non-hydrogen) atoms. The van der Waals surface area contributed by atoms with Gasteiger partial charge in [0.15, 0.2) is 21.3 Å². The number of fused-ring (bicyclic) bond motifs is 1. The van der Waals surface area contributed by atoms with Crippen LogP contribution in [-0.2, 0) is 21.2 Å². The zero-order valence-corrected chi connectivity index (χ0v) is 15.5. The summed E-state index contributed by atoms with van der Waals surface area (Å²) in [5.74, 6) is 2.10. The van der Waals surface area contributed by atoms with Crippen molar-refractivity contribution < 1.29 is 22.7 Å². The van der Waals surface area contributed by atoms with Gasteiger partial charge in [-0.15, -0.1) is 0 Å². The van der Waals surface area contributed by atoms with Crippen molar-refractivity contribution in [1.82, 2.24) is 10.2 Å². The summed E-state index contributed by atoms with van der Waals surface area (Å²) in [5.41, 5.74) is 0.983. The lowest BCUT2D eigenvalue weighted by atomic mass is 9.94. The minimum atomic E-state index is -2.86. The van der Waals surface area contributed by atoms with Crippen LogP contribution in [0.5, 0.6) is 11.5 Å². The number of hydrogen-bond acceptors (Lipinski definition) is 6.